The van der Waals surface area contributed by atoms with Gasteiger partial charge in [0, 0.05) is 37.1 Å². The lowest BCUT2D eigenvalue weighted by Crippen LogP contribution is -2.33. The van der Waals surface area contributed by atoms with E-state index in [1.807, 2.05) is 6.07 Å². The fraction of sp³-hybridized carbons (Fsp3) is 0.412. The second-order valence-corrected chi connectivity index (χ2v) is 5.89. The summed E-state index contributed by atoms with van der Waals surface area (Å²) in [6.07, 6.45) is 0.529. The van der Waals surface area contributed by atoms with Gasteiger partial charge in [0.2, 0.25) is 0 Å². The van der Waals surface area contributed by atoms with Crippen molar-refractivity contribution in [1.82, 2.24) is 20.6 Å². The summed E-state index contributed by atoms with van der Waals surface area (Å²) in [6, 6.07) is 6.54. The molecule has 0 aliphatic carbocycles. The maximum atomic E-state index is 12.6. The van der Waals surface area contributed by atoms with Crippen LogP contribution in [-0.2, 0) is 12.7 Å². The minimum Gasteiger partial charge on any atom is -0.313 e. The Morgan fingerprint density at radius 2 is 2.08 bits per heavy atom. The largest absolute Gasteiger partial charge is 0.417 e. The number of alkyl halides is 3. The number of nitrogens with one attached hydrogen (secondary N) is 2. The summed E-state index contributed by atoms with van der Waals surface area (Å²) in [5.74, 6) is 0. The first-order valence-electron chi connectivity index (χ1n) is 7.95. The molecule has 24 heavy (non-hydrogen) atoms. The highest BCUT2D eigenvalue weighted by atomic mass is 19.4. The zero-order chi connectivity index (χ0) is 17.0. The van der Waals surface area contributed by atoms with E-state index in [4.69, 9.17) is 0 Å². The lowest BCUT2D eigenvalue weighted by molar-refractivity contribution is -0.137. The van der Waals surface area contributed by atoms with Crippen molar-refractivity contribution >= 4 is 0 Å². The molecule has 7 heteroatoms. The molecule has 1 aliphatic rings. The van der Waals surface area contributed by atoms with E-state index >= 15 is 0 Å². The SMILES string of the molecule is FC(F)(F)c1ccc(-c2ccnc(CNCC3CCCN3)c2)nc1. The molecule has 0 bridgehead atoms. The average Bonchev–Trinajstić information content (AvgIpc) is 3.08. The van der Waals surface area contributed by atoms with Crippen LogP contribution in [0.1, 0.15) is 24.1 Å². The third kappa shape index (κ3) is 4.30. The highest BCUT2D eigenvalue weighted by Gasteiger charge is 2.30. The van der Waals surface area contributed by atoms with Crippen LogP contribution in [0.25, 0.3) is 11.3 Å². The Morgan fingerprint density at radius 1 is 1.21 bits per heavy atom. The molecule has 1 saturated heterocycles. The van der Waals surface area contributed by atoms with Gasteiger partial charge in [-0.3, -0.25) is 9.97 Å². The Bertz CT molecular complexity index is 664. The molecule has 1 unspecified atom stereocenters. The van der Waals surface area contributed by atoms with Crippen molar-refractivity contribution in [2.24, 2.45) is 0 Å². The van der Waals surface area contributed by atoms with E-state index in [1.54, 1.807) is 12.3 Å². The minimum atomic E-state index is -4.37. The molecule has 0 aromatic carbocycles. The molecular formula is C17H19F3N4. The van der Waals surface area contributed by atoms with Crippen LogP contribution in [0.2, 0.25) is 0 Å². The molecule has 2 aromatic rings. The van der Waals surface area contributed by atoms with Crippen molar-refractivity contribution in [3.05, 3.63) is 47.9 Å². The molecule has 0 amide bonds. The normalized spacial score (nSPS) is 18.0. The lowest BCUT2D eigenvalue weighted by Gasteiger charge is -2.11. The van der Waals surface area contributed by atoms with E-state index in [9.17, 15) is 13.2 Å². The minimum absolute atomic E-state index is 0.504. The van der Waals surface area contributed by atoms with Crippen molar-refractivity contribution in [3.8, 4) is 11.3 Å². The Labute approximate surface area is 138 Å². The van der Waals surface area contributed by atoms with Crippen molar-refractivity contribution in [2.75, 3.05) is 13.1 Å². The quantitative estimate of drug-likeness (QED) is 0.881. The molecule has 1 aliphatic heterocycles. The maximum absolute atomic E-state index is 12.6. The van der Waals surface area contributed by atoms with Gasteiger partial charge in [0.15, 0.2) is 0 Å². The van der Waals surface area contributed by atoms with Gasteiger partial charge in [0.25, 0.3) is 0 Å². The predicted molar refractivity (Wildman–Crippen MR) is 85.2 cm³/mol. The Balaban J connectivity index is 1.63. The standard InChI is InChI=1S/C17H19F3N4/c18-17(19,20)13-3-4-16(24-9-13)12-5-7-23-15(8-12)11-21-10-14-2-1-6-22-14/h3-5,7-9,14,21-22H,1-2,6,10-11H2. The summed E-state index contributed by atoms with van der Waals surface area (Å²) in [5, 5.41) is 6.77. The van der Waals surface area contributed by atoms with Gasteiger partial charge in [-0.15, -0.1) is 0 Å². The second-order valence-electron chi connectivity index (χ2n) is 5.89. The summed E-state index contributed by atoms with van der Waals surface area (Å²) in [6.45, 7) is 2.57. The summed E-state index contributed by atoms with van der Waals surface area (Å²) in [5.41, 5.74) is 1.36. The number of hydrogen-bond acceptors (Lipinski definition) is 4. The van der Waals surface area contributed by atoms with Gasteiger partial charge in [-0.05, 0) is 43.7 Å². The molecule has 1 atom stereocenters. The zero-order valence-corrected chi connectivity index (χ0v) is 13.1. The van der Waals surface area contributed by atoms with Gasteiger partial charge in [-0.1, -0.05) is 0 Å². The fourth-order valence-corrected chi connectivity index (χ4v) is 2.77. The van der Waals surface area contributed by atoms with Crippen LogP contribution in [0.5, 0.6) is 0 Å². The van der Waals surface area contributed by atoms with Crippen LogP contribution >= 0.6 is 0 Å². The van der Waals surface area contributed by atoms with Gasteiger partial charge in [-0.25, -0.2) is 0 Å². The molecule has 0 spiro atoms. The Hall–Kier alpha value is -1.99. The molecule has 1 fully saturated rings. The first-order valence-corrected chi connectivity index (χ1v) is 7.95. The van der Waals surface area contributed by atoms with Gasteiger partial charge in [0.05, 0.1) is 17.0 Å². The molecule has 2 aromatic heterocycles. The molecule has 0 saturated carbocycles. The Kier molecular flexibility index (Phi) is 5.11. The number of halogens is 3. The lowest BCUT2D eigenvalue weighted by atomic mass is 10.1. The van der Waals surface area contributed by atoms with E-state index in [1.165, 1.54) is 18.9 Å². The highest BCUT2D eigenvalue weighted by molar-refractivity contribution is 5.59. The van der Waals surface area contributed by atoms with Gasteiger partial charge >= 0.3 is 6.18 Å². The van der Waals surface area contributed by atoms with Crippen molar-refractivity contribution < 1.29 is 13.2 Å². The van der Waals surface area contributed by atoms with Gasteiger partial charge in [-0.2, -0.15) is 13.2 Å². The van der Waals surface area contributed by atoms with Gasteiger partial charge < -0.3 is 10.6 Å². The maximum Gasteiger partial charge on any atom is 0.417 e. The van der Waals surface area contributed by atoms with E-state index in [0.29, 0.717) is 18.3 Å². The second kappa shape index (κ2) is 7.27. The van der Waals surface area contributed by atoms with E-state index in [0.717, 1.165) is 36.6 Å². The van der Waals surface area contributed by atoms with Crippen LogP contribution in [0.4, 0.5) is 13.2 Å². The molecule has 2 N–H and O–H groups in total. The third-order valence-corrected chi connectivity index (χ3v) is 4.06. The van der Waals surface area contributed by atoms with Crippen LogP contribution < -0.4 is 10.6 Å². The Morgan fingerprint density at radius 3 is 2.75 bits per heavy atom. The first-order chi connectivity index (χ1) is 11.5. The molecule has 3 rings (SSSR count). The third-order valence-electron chi connectivity index (χ3n) is 4.06. The van der Waals surface area contributed by atoms with E-state index in [2.05, 4.69) is 20.6 Å². The number of nitrogens with zero attached hydrogens (tertiary/aromatic N) is 2. The average molecular weight is 336 g/mol. The smallest absolute Gasteiger partial charge is 0.313 e. The van der Waals surface area contributed by atoms with Crippen molar-refractivity contribution in [2.45, 2.75) is 31.6 Å². The molecule has 4 nitrogen and oxygen atoms in total. The zero-order valence-electron chi connectivity index (χ0n) is 13.1. The molecule has 128 valence electrons. The molecule has 3 heterocycles. The summed E-state index contributed by atoms with van der Waals surface area (Å²) in [4.78, 5) is 8.22. The number of hydrogen-bond donors (Lipinski definition) is 2. The van der Waals surface area contributed by atoms with Crippen molar-refractivity contribution in [3.63, 3.8) is 0 Å². The monoisotopic (exact) mass is 336 g/mol. The molecule has 0 radical (unpaired) electrons. The predicted octanol–water partition coefficient (Wildman–Crippen LogP) is 3.00. The fourth-order valence-electron chi connectivity index (χ4n) is 2.77. The summed E-state index contributed by atoms with van der Waals surface area (Å²) in [7, 11) is 0. The first kappa shape index (κ1) is 16.9. The van der Waals surface area contributed by atoms with Gasteiger partial charge in [0.1, 0.15) is 0 Å². The number of pyridine rings is 2. The summed E-state index contributed by atoms with van der Waals surface area (Å²) >= 11 is 0. The van der Waals surface area contributed by atoms with E-state index < -0.39 is 11.7 Å². The van der Waals surface area contributed by atoms with E-state index in [-0.39, 0.29) is 0 Å². The number of rotatable bonds is 5. The van der Waals surface area contributed by atoms with Crippen molar-refractivity contribution in [1.29, 1.82) is 0 Å². The van der Waals surface area contributed by atoms with Crippen LogP contribution in [0.15, 0.2) is 36.7 Å². The summed E-state index contributed by atoms with van der Waals surface area (Å²) < 4.78 is 37.8. The van der Waals surface area contributed by atoms with Crippen LogP contribution in [0.3, 0.4) is 0 Å². The van der Waals surface area contributed by atoms with Crippen LogP contribution in [-0.4, -0.2) is 29.1 Å². The van der Waals surface area contributed by atoms with Crippen LogP contribution in [0, 0.1) is 0 Å². The molecular weight excluding hydrogens is 317 g/mol. The number of aromatic nitrogens is 2. The topological polar surface area (TPSA) is 49.8 Å². The highest BCUT2D eigenvalue weighted by Crippen LogP contribution is 2.29.